The van der Waals surface area contributed by atoms with Gasteiger partial charge in [-0.3, -0.25) is 0 Å². The summed E-state index contributed by atoms with van der Waals surface area (Å²) in [5, 5.41) is 2.51. The minimum atomic E-state index is 1.08. The third-order valence-electron chi connectivity index (χ3n) is 12.0. The first-order valence-electron chi connectivity index (χ1n) is 21.3. The molecule has 1 heterocycles. The van der Waals surface area contributed by atoms with E-state index in [1.807, 2.05) is 0 Å². The Morgan fingerprint density at radius 1 is 0.242 bits per heavy atom. The maximum atomic E-state index is 2.42. The highest BCUT2D eigenvalue weighted by atomic mass is 15.1. The Hall–Kier alpha value is -8.20. The normalized spacial score (nSPS) is 11.2. The Labute approximate surface area is 362 Å². The lowest BCUT2D eigenvalue weighted by molar-refractivity contribution is 1.18. The van der Waals surface area contributed by atoms with Gasteiger partial charge in [0.15, 0.2) is 0 Å². The van der Waals surface area contributed by atoms with Crippen LogP contribution in [0, 0.1) is 0 Å². The fourth-order valence-electron chi connectivity index (χ4n) is 8.99. The second-order valence-electron chi connectivity index (χ2n) is 15.8. The van der Waals surface area contributed by atoms with Crippen LogP contribution >= 0.6 is 0 Å². The molecule has 0 aliphatic heterocycles. The van der Waals surface area contributed by atoms with E-state index in [4.69, 9.17) is 0 Å². The van der Waals surface area contributed by atoms with Crippen molar-refractivity contribution in [2.45, 2.75) is 0 Å². The Kier molecular flexibility index (Phi) is 9.57. The van der Waals surface area contributed by atoms with Gasteiger partial charge in [0, 0.05) is 33.5 Å². The predicted molar refractivity (Wildman–Crippen MR) is 263 cm³/mol. The van der Waals surface area contributed by atoms with Crippen molar-refractivity contribution < 1.29 is 0 Å². The maximum absolute atomic E-state index is 2.42. The number of hydrogen-bond donors (Lipinski definition) is 0. The molecule has 0 fully saturated rings. The zero-order valence-corrected chi connectivity index (χ0v) is 34.1. The Morgan fingerprint density at radius 2 is 0.613 bits per heavy atom. The molecule has 0 saturated heterocycles. The standard InChI is InChI=1S/C60H42N2/c1-5-17-43(18-6-1)45-29-33-51(34-30-45)61(53-37-38-55(47-21-9-3-10-22-47)58(42-53)48-23-11-4-12-24-48)52-35-31-46(32-36-52)50-39-49(44-19-7-2-8-20-44)40-54(41-50)62-59-27-15-13-25-56(59)57-26-14-16-28-60(57)62/h1-42H. The summed E-state index contributed by atoms with van der Waals surface area (Å²) in [6.45, 7) is 0. The second-order valence-corrected chi connectivity index (χ2v) is 15.8. The molecule has 0 unspecified atom stereocenters. The molecule has 0 spiro atoms. The summed E-state index contributed by atoms with van der Waals surface area (Å²) in [5.74, 6) is 0. The molecular weight excluding hydrogens is 749 g/mol. The van der Waals surface area contributed by atoms with E-state index in [0.29, 0.717) is 0 Å². The van der Waals surface area contributed by atoms with E-state index < -0.39 is 0 Å². The number of para-hydroxylation sites is 2. The number of anilines is 3. The van der Waals surface area contributed by atoms with E-state index in [0.717, 1.165) is 33.9 Å². The topological polar surface area (TPSA) is 8.17 Å². The SMILES string of the molecule is c1ccc(-c2ccc(N(c3ccc(-c4cc(-c5ccccc5)cc(-n5c6ccccc6c6ccccc65)c4)cc3)c3ccc(-c4ccccc4)c(-c4ccccc4)c3)cc2)cc1. The molecule has 0 bridgehead atoms. The van der Waals surface area contributed by atoms with Gasteiger partial charge in [0.25, 0.3) is 0 Å². The molecule has 0 aliphatic carbocycles. The van der Waals surface area contributed by atoms with Gasteiger partial charge in [-0.1, -0.05) is 188 Å². The van der Waals surface area contributed by atoms with Gasteiger partial charge in [-0.2, -0.15) is 0 Å². The molecule has 0 amide bonds. The smallest absolute Gasteiger partial charge is 0.0541 e. The van der Waals surface area contributed by atoms with Crippen LogP contribution in [0.1, 0.15) is 0 Å². The van der Waals surface area contributed by atoms with Crippen LogP contribution in [-0.4, -0.2) is 4.57 Å². The van der Waals surface area contributed by atoms with Crippen molar-refractivity contribution >= 4 is 38.9 Å². The average Bonchev–Trinajstić information content (AvgIpc) is 3.70. The number of rotatable bonds is 9. The number of hydrogen-bond acceptors (Lipinski definition) is 1. The molecule has 292 valence electrons. The Bertz CT molecular complexity index is 3240. The van der Waals surface area contributed by atoms with Crippen molar-refractivity contribution in [3.8, 4) is 61.3 Å². The first-order valence-corrected chi connectivity index (χ1v) is 21.3. The largest absolute Gasteiger partial charge is 0.310 e. The summed E-state index contributed by atoms with van der Waals surface area (Å²) < 4.78 is 2.42. The number of nitrogens with zero attached hydrogens (tertiary/aromatic N) is 2. The van der Waals surface area contributed by atoms with E-state index in [9.17, 15) is 0 Å². The lowest BCUT2D eigenvalue weighted by Gasteiger charge is -2.27. The van der Waals surface area contributed by atoms with Crippen molar-refractivity contribution in [1.82, 2.24) is 4.57 Å². The van der Waals surface area contributed by atoms with E-state index in [-0.39, 0.29) is 0 Å². The summed E-state index contributed by atoms with van der Waals surface area (Å²) in [4.78, 5) is 2.38. The van der Waals surface area contributed by atoms with Crippen molar-refractivity contribution in [2.75, 3.05) is 4.90 Å². The van der Waals surface area contributed by atoms with Gasteiger partial charge in [0.2, 0.25) is 0 Å². The van der Waals surface area contributed by atoms with E-state index >= 15 is 0 Å². The van der Waals surface area contributed by atoms with Crippen LogP contribution in [0.3, 0.4) is 0 Å². The predicted octanol–water partition coefficient (Wildman–Crippen LogP) is 16.6. The van der Waals surface area contributed by atoms with Gasteiger partial charge in [-0.15, -0.1) is 0 Å². The fraction of sp³-hybridized carbons (Fsp3) is 0. The molecular formula is C60H42N2. The van der Waals surface area contributed by atoms with Gasteiger partial charge in [0.05, 0.1) is 11.0 Å². The second kappa shape index (κ2) is 16.1. The first-order chi connectivity index (χ1) is 30.7. The Morgan fingerprint density at radius 3 is 1.11 bits per heavy atom. The van der Waals surface area contributed by atoms with Crippen molar-refractivity contribution in [3.05, 3.63) is 255 Å². The third kappa shape index (κ3) is 6.94. The molecule has 10 aromatic carbocycles. The van der Waals surface area contributed by atoms with Crippen molar-refractivity contribution in [2.24, 2.45) is 0 Å². The summed E-state index contributed by atoms with van der Waals surface area (Å²) >= 11 is 0. The zero-order valence-electron chi connectivity index (χ0n) is 34.1. The zero-order chi connectivity index (χ0) is 41.2. The van der Waals surface area contributed by atoms with Crippen LogP contribution in [0.4, 0.5) is 17.1 Å². The van der Waals surface area contributed by atoms with E-state index in [2.05, 4.69) is 264 Å². The van der Waals surface area contributed by atoms with Crippen molar-refractivity contribution in [3.63, 3.8) is 0 Å². The number of fused-ring (bicyclic) bond motifs is 3. The molecule has 0 N–H and O–H groups in total. The number of benzene rings is 10. The molecule has 1 aromatic heterocycles. The van der Waals surface area contributed by atoms with Crippen LogP contribution in [0.5, 0.6) is 0 Å². The van der Waals surface area contributed by atoms with Crippen molar-refractivity contribution in [1.29, 1.82) is 0 Å². The lowest BCUT2D eigenvalue weighted by Crippen LogP contribution is -2.10. The van der Waals surface area contributed by atoms with E-state index in [1.54, 1.807) is 0 Å². The fourth-order valence-corrected chi connectivity index (χ4v) is 8.99. The van der Waals surface area contributed by atoms with Gasteiger partial charge in [0.1, 0.15) is 0 Å². The first kappa shape index (κ1) is 36.8. The highest BCUT2D eigenvalue weighted by molar-refractivity contribution is 6.09. The summed E-state index contributed by atoms with van der Waals surface area (Å²) in [5.41, 5.74) is 18.6. The van der Waals surface area contributed by atoms with Crippen LogP contribution in [0.2, 0.25) is 0 Å². The lowest BCUT2D eigenvalue weighted by atomic mass is 9.93. The van der Waals surface area contributed by atoms with Crippen LogP contribution < -0.4 is 4.90 Å². The molecule has 11 aromatic rings. The maximum Gasteiger partial charge on any atom is 0.0541 e. The van der Waals surface area contributed by atoms with E-state index in [1.165, 1.54) is 66.3 Å². The molecule has 2 heteroatoms. The minimum Gasteiger partial charge on any atom is -0.310 e. The van der Waals surface area contributed by atoms with Crippen LogP contribution in [-0.2, 0) is 0 Å². The highest BCUT2D eigenvalue weighted by Gasteiger charge is 2.18. The minimum absolute atomic E-state index is 1.08. The average molecular weight is 791 g/mol. The molecule has 11 rings (SSSR count). The Balaban J connectivity index is 1.06. The molecule has 0 atom stereocenters. The van der Waals surface area contributed by atoms with Gasteiger partial charge >= 0.3 is 0 Å². The molecule has 0 saturated carbocycles. The summed E-state index contributed by atoms with van der Waals surface area (Å²) in [7, 11) is 0. The molecule has 0 radical (unpaired) electrons. The molecule has 2 nitrogen and oxygen atoms in total. The number of aromatic nitrogens is 1. The third-order valence-corrected chi connectivity index (χ3v) is 12.0. The quantitative estimate of drug-likeness (QED) is 0.141. The molecule has 62 heavy (non-hydrogen) atoms. The molecule has 0 aliphatic rings. The van der Waals surface area contributed by atoms with Gasteiger partial charge < -0.3 is 9.47 Å². The van der Waals surface area contributed by atoms with Gasteiger partial charge in [-0.25, -0.2) is 0 Å². The summed E-state index contributed by atoms with van der Waals surface area (Å²) in [6.07, 6.45) is 0. The van der Waals surface area contributed by atoms with Crippen LogP contribution in [0.25, 0.3) is 83.1 Å². The monoisotopic (exact) mass is 790 g/mol. The van der Waals surface area contributed by atoms with Crippen LogP contribution in [0.15, 0.2) is 255 Å². The highest BCUT2D eigenvalue weighted by Crippen LogP contribution is 2.42. The van der Waals surface area contributed by atoms with Gasteiger partial charge in [-0.05, 0) is 122 Å². The summed E-state index contributed by atoms with van der Waals surface area (Å²) in [6, 6.07) is 92.1.